The zero-order valence-electron chi connectivity index (χ0n) is 13.9. The van der Waals surface area contributed by atoms with Gasteiger partial charge in [0.25, 0.3) is 0 Å². The van der Waals surface area contributed by atoms with Gasteiger partial charge in [-0.2, -0.15) is 0 Å². The molecule has 0 fully saturated rings. The second-order valence-corrected chi connectivity index (χ2v) is 7.55. The van der Waals surface area contributed by atoms with E-state index in [2.05, 4.69) is 4.85 Å². The zero-order valence-corrected chi connectivity index (χ0v) is 14.7. The summed E-state index contributed by atoms with van der Waals surface area (Å²) in [6.45, 7) is 9.37. The minimum absolute atomic E-state index is 0.119. The fourth-order valence-electron chi connectivity index (χ4n) is 2.52. The van der Waals surface area contributed by atoms with Crippen molar-refractivity contribution in [1.82, 2.24) is 0 Å². The molecule has 2 rings (SSSR count). The average molecular weight is 357 g/mol. The van der Waals surface area contributed by atoms with Crippen LogP contribution in [0.1, 0.15) is 18.9 Å². The highest BCUT2D eigenvalue weighted by Crippen LogP contribution is 2.33. The number of esters is 1. The SMILES string of the molecule is [C-]#[N+]C(CCS(=O)(=O)c1ccccc1)(C(=O)OCC)c1ccccc1. The van der Waals surface area contributed by atoms with Crippen LogP contribution in [0.15, 0.2) is 65.6 Å². The monoisotopic (exact) mass is 357 g/mol. The van der Waals surface area contributed by atoms with Gasteiger partial charge in [0.05, 0.1) is 23.7 Å². The van der Waals surface area contributed by atoms with Crippen LogP contribution in [0.5, 0.6) is 0 Å². The Bertz CT molecular complexity index is 857. The van der Waals surface area contributed by atoms with Crippen LogP contribution >= 0.6 is 0 Å². The third kappa shape index (κ3) is 4.06. The molecule has 0 aromatic heterocycles. The highest BCUT2D eigenvalue weighted by atomic mass is 32.2. The summed E-state index contributed by atoms with van der Waals surface area (Å²) in [6.07, 6.45) is -0.170. The predicted molar refractivity (Wildman–Crippen MR) is 94.5 cm³/mol. The van der Waals surface area contributed by atoms with E-state index in [-0.39, 0.29) is 23.7 Å². The summed E-state index contributed by atoms with van der Waals surface area (Å²) in [5.41, 5.74) is -1.23. The Kier molecular flexibility index (Phi) is 5.94. The van der Waals surface area contributed by atoms with Crippen LogP contribution in [0.25, 0.3) is 4.85 Å². The van der Waals surface area contributed by atoms with E-state index in [4.69, 9.17) is 11.3 Å². The van der Waals surface area contributed by atoms with Crippen molar-refractivity contribution in [3.8, 4) is 0 Å². The molecule has 0 heterocycles. The van der Waals surface area contributed by atoms with Crippen LogP contribution in [0.4, 0.5) is 0 Å². The molecule has 0 bridgehead atoms. The lowest BCUT2D eigenvalue weighted by Crippen LogP contribution is -2.36. The molecule has 2 aromatic carbocycles. The standard InChI is InChI=1S/C19H19NO4S/c1-3-24-18(21)19(20-2,16-10-6-4-7-11-16)14-15-25(22,23)17-12-8-5-9-13-17/h4-13H,3,14-15H2,1H3. The van der Waals surface area contributed by atoms with Gasteiger partial charge in [-0.15, -0.1) is 0 Å². The molecule has 0 spiro atoms. The summed E-state index contributed by atoms with van der Waals surface area (Å²) >= 11 is 0. The summed E-state index contributed by atoms with van der Waals surface area (Å²) < 4.78 is 30.2. The van der Waals surface area contributed by atoms with Crippen molar-refractivity contribution in [2.45, 2.75) is 23.8 Å². The molecule has 1 unspecified atom stereocenters. The second kappa shape index (κ2) is 7.95. The highest BCUT2D eigenvalue weighted by molar-refractivity contribution is 7.91. The van der Waals surface area contributed by atoms with E-state index < -0.39 is 21.3 Å². The van der Waals surface area contributed by atoms with E-state index in [1.54, 1.807) is 55.5 Å². The highest BCUT2D eigenvalue weighted by Gasteiger charge is 2.49. The van der Waals surface area contributed by atoms with Crippen LogP contribution < -0.4 is 0 Å². The van der Waals surface area contributed by atoms with Crippen molar-refractivity contribution >= 4 is 15.8 Å². The molecule has 0 N–H and O–H groups in total. The second-order valence-electron chi connectivity index (χ2n) is 5.44. The van der Waals surface area contributed by atoms with Gasteiger partial charge >= 0.3 is 11.5 Å². The van der Waals surface area contributed by atoms with E-state index in [1.165, 1.54) is 12.1 Å². The minimum atomic E-state index is -3.61. The van der Waals surface area contributed by atoms with E-state index in [0.29, 0.717) is 5.56 Å². The van der Waals surface area contributed by atoms with Gasteiger partial charge in [-0.3, -0.25) is 4.85 Å². The van der Waals surface area contributed by atoms with Gasteiger partial charge in [0.15, 0.2) is 9.84 Å². The average Bonchev–Trinajstić information content (AvgIpc) is 2.64. The first-order chi connectivity index (χ1) is 12.0. The van der Waals surface area contributed by atoms with Crippen LogP contribution in [-0.4, -0.2) is 26.7 Å². The number of carbonyl (C=O) groups is 1. The van der Waals surface area contributed by atoms with Gasteiger partial charge < -0.3 is 4.74 Å². The Morgan fingerprint density at radius 3 is 2.16 bits per heavy atom. The molecule has 0 saturated carbocycles. The first-order valence-electron chi connectivity index (χ1n) is 7.85. The van der Waals surface area contributed by atoms with Gasteiger partial charge in [-0.25, -0.2) is 19.8 Å². The number of benzene rings is 2. The topological polar surface area (TPSA) is 64.8 Å². The number of hydrogen-bond donors (Lipinski definition) is 0. The zero-order chi connectivity index (χ0) is 18.3. The number of hydrogen-bond acceptors (Lipinski definition) is 4. The maximum Gasteiger partial charge on any atom is 0.398 e. The number of nitrogens with zero attached hydrogens (tertiary/aromatic N) is 1. The van der Waals surface area contributed by atoms with Crippen molar-refractivity contribution < 1.29 is 17.9 Å². The number of sulfone groups is 1. The molecule has 25 heavy (non-hydrogen) atoms. The van der Waals surface area contributed by atoms with Gasteiger partial charge in [-0.1, -0.05) is 48.5 Å². The Labute approximate surface area is 148 Å². The molecule has 5 nitrogen and oxygen atoms in total. The molecule has 0 aliphatic rings. The van der Waals surface area contributed by atoms with Crippen molar-refractivity contribution in [3.05, 3.63) is 77.6 Å². The summed E-state index contributed by atoms with van der Waals surface area (Å²) in [5, 5.41) is 0. The molecule has 2 aromatic rings. The summed E-state index contributed by atoms with van der Waals surface area (Å²) in [5.74, 6) is -1.05. The lowest BCUT2D eigenvalue weighted by Gasteiger charge is -2.20. The van der Waals surface area contributed by atoms with Crippen molar-refractivity contribution in [2.24, 2.45) is 0 Å². The largest absolute Gasteiger partial charge is 0.460 e. The van der Waals surface area contributed by atoms with Crippen LogP contribution in [0, 0.1) is 6.57 Å². The summed E-state index contributed by atoms with van der Waals surface area (Å²) in [6, 6.07) is 16.5. The third-order valence-corrected chi connectivity index (χ3v) is 5.62. The van der Waals surface area contributed by atoms with Gasteiger partial charge in [0, 0.05) is 5.56 Å². The molecule has 0 saturated heterocycles. The predicted octanol–water partition coefficient (Wildman–Crippen LogP) is 3.23. The molecule has 0 radical (unpaired) electrons. The number of carbonyl (C=O) groups excluding carboxylic acids is 1. The Hall–Kier alpha value is -2.65. The smallest absolute Gasteiger partial charge is 0.398 e. The van der Waals surface area contributed by atoms with Crippen molar-refractivity contribution in [3.63, 3.8) is 0 Å². The molecular weight excluding hydrogens is 338 g/mol. The van der Waals surface area contributed by atoms with Gasteiger partial charge in [-0.05, 0) is 19.1 Å². The normalized spacial score (nSPS) is 13.4. The van der Waals surface area contributed by atoms with E-state index in [1.807, 2.05) is 0 Å². The first-order valence-corrected chi connectivity index (χ1v) is 9.50. The summed E-state index contributed by atoms with van der Waals surface area (Å²) in [7, 11) is -3.61. The molecular formula is C19H19NO4S. The number of ether oxygens (including phenoxy) is 1. The molecule has 0 aliphatic heterocycles. The summed E-state index contributed by atoms with van der Waals surface area (Å²) in [4.78, 5) is 16.2. The first kappa shape index (κ1) is 18.7. The fraction of sp³-hybridized carbons (Fsp3) is 0.263. The molecule has 6 heteroatoms. The lowest BCUT2D eigenvalue weighted by atomic mass is 9.88. The lowest BCUT2D eigenvalue weighted by molar-refractivity contribution is -0.148. The maximum absolute atomic E-state index is 12.6. The van der Waals surface area contributed by atoms with Crippen molar-refractivity contribution in [1.29, 1.82) is 0 Å². The van der Waals surface area contributed by atoms with Crippen LogP contribution in [0.3, 0.4) is 0 Å². The quantitative estimate of drug-likeness (QED) is 0.564. The molecule has 130 valence electrons. The number of rotatable bonds is 7. The molecule has 0 amide bonds. The Morgan fingerprint density at radius 2 is 1.64 bits per heavy atom. The van der Waals surface area contributed by atoms with Crippen LogP contribution in [0.2, 0.25) is 0 Å². The Balaban J connectivity index is 2.38. The van der Waals surface area contributed by atoms with Crippen LogP contribution in [-0.2, 0) is 24.9 Å². The fourth-order valence-corrected chi connectivity index (χ4v) is 3.89. The molecule has 1 atom stereocenters. The minimum Gasteiger partial charge on any atom is -0.460 e. The van der Waals surface area contributed by atoms with E-state index >= 15 is 0 Å². The van der Waals surface area contributed by atoms with Gasteiger partial charge in [0.2, 0.25) is 0 Å². The van der Waals surface area contributed by atoms with E-state index in [9.17, 15) is 13.2 Å². The Morgan fingerprint density at radius 1 is 1.08 bits per heavy atom. The van der Waals surface area contributed by atoms with E-state index in [0.717, 1.165) is 0 Å². The van der Waals surface area contributed by atoms with Gasteiger partial charge in [0.1, 0.15) is 0 Å². The maximum atomic E-state index is 12.6. The van der Waals surface area contributed by atoms with Crippen molar-refractivity contribution in [2.75, 3.05) is 12.4 Å². The third-order valence-electron chi connectivity index (χ3n) is 3.89. The molecule has 0 aliphatic carbocycles.